The average molecular weight is 504 g/mol. The summed E-state index contributed by atoms with van der Waals surface area (Å²) in [5, 5.41) is 11.0. The van der Waals surface area contributed by atoms with E-state index in [-0.39, 0.29) is 37.2 Å². The summed E-state index contributed by atoms with van der Waals surface area (Å²) in [4.78, 5) is 30.8. The summed E-state index contributed by atoms with van der Waals surface area (Å²) >= 11 is 0. The number of amides is 2. The number of ether oxygens (including phenoxy) is 2. The van der Waals surface area contributed by atoms with Crippen LogP contribution >= 0.6 is 0 Å². The first kappa shape index (κ1) is 25.7. The molecule has 0 radical (unpaired) electrons. The van der Waals surface area contributed by atoms with Gasteiger partial charge in [0, 0.05) is 49.7 Å². The molecule has 0 spiro atoms. The summed E-state index contributed by atoms with van der Waals surface area (Å²) < 4.78 is 37.2. The highest BCUT2D eigenvalue weighted by Gasteiger charge is 2.47. The highest BCUT2D eigenvalue weighted by atomic mass is 19.3. The van der Waals surface area contributed by atoms with E-state index in [1.807, 2.05) is 20.8 Å². The Morgan fingerprint density at radius 3 is 2.58 bits per heavy atom. The predicted molar refractivity (Wildman–Crippen MR) is 127 cm³/mol. The third-order valence-corrected chi connectivity index (χ3v) is 5.89. The van der Waals surface area contributed by atoms with Gasteiger partial charge in [-0.05, 0) is 46.2 Å². The van der Waals surface area contributed by atoms with Crippen LogP contribution in [-0.2, 0) is 16.0 Å². The molecule has 194 valence electrons. The first-order valence-corrected chi connectivity index (χ1v) is 12.0. The molecule has 0 aromatic carbocycles. The second kappa shape index (κ2) is 9.94. The molecule has 1 unspecified atom stereocenters. The summed E-state index contributed by atoms with van der Waals surface area (Å²) in [7, 11) is 0. The number of nitrogens with zero attached hydrogens (tertiary/aromatic N) is 4. The van der Waals surface area contributed by atoms with Crippen LogP contribution in [0.4, 0.5) is 19.4 Å². The van der Waals surface area contributed by atoms with E-state index in [1.165, 1.54) is 0 Å². The molecule has 1 aliphatic heterocycles. The number of rotatable bonds is 6. The fraction of sp³-hybridized carbons (Fsp3) is 0.560. The summed E-state index contributed by atoms with van der Waals surface area (Å²) in [6.07, 6.45) is -0.770. The number of hydrogen-bond donors (Lipinski definition) is 1. The van der Waals surface area contributed by atoms with Crippen molar-refractivity contribution >= 4 is 17.8 Å². The minimum absolute atomic E-state index is 0.0320. The van der Waals surface area contributed by atoms with E-state index in [2.05, 4.69) is 20.5 Å². The van der Waals surface area contributed by atoms with Crippen molar-refractivity contribution < 1.29 is 27.8 Å². The Labute approximate surface area is 208 Å². The number of nitrogens with one attached hydrogen (secondary N) is 1. The number of alkyl halides is 2. The quantitative estimate of drug-likeness (QED) is 0.628. The molecule has 9 nitrogen and oxygen atoms in total. The van der Waals surface area contributed by atoms with E-state index in [9.17, 15) is 18.4 Å². The maximum atomic E-state index is 13.1. The molecule has 1 atom stereocenters. The van der Waals surface area contributed by atoms with Crippen molar-refractivity contribution in [2.24, 2.45) is 0 Å². The molecule has 2 aliphatic rings. The van der Waals surface area contributed by atoms with E-state index >= 15 is 0 Å². The number of carbonyl (C=O) groups is 2. The number of halogens is 2. The van der Waals surface area contributed by atoms with Gasteiger partial charge in [0.15, 0.2) is 5.82 Å². The Hall–Kier alpha value is -3.37. The van der Waals surface area contributed by atoms with Gasteiger partial charge in [-0.1, -0.05) is 0 Å². The van der Waals surface area contributed by atoms with Crippen molar-refractivity contribution in [3.63, 3.8) is 0 Å². The van der Waals surface area contributed by atoms with Gasteiger partial charge >= 0.3 is 6.09 Å². The lowest BCUT2D eigenvalue weighted by Gasteiger charge is -2.34. The lowest BCUT2D eigenvalue weighted by atomic mass is 9.91. The van der Waals surface area contributed by atoms with Gasteiger partial charge in [-0.2, -0.15) is 5.10 Å². The molecule has 2 aromatic rings. The largest absolute Gasteiger partial charge is 0.490 e. The van der Waals surface area contributed by atoms with Crippen LogP contribution in [0.25, 0.3) is 0 Å². The molecule has 3 heterocycles. The van der Waals surface area contributed by atoms with Crippen LogP contribution in [0.5, 0.6) is 5.75 Å². The number of likely N-dealkylation sites (tertiary alicyclic amines) is 1. The minimum Gasteiger partial charge on any atom is -0.490 e. The Morgan fingerprint density at radius 2 is 1.94 bits per heavy atom. The van der Waals surface area contributed by atoms with Crippen LogP contribution in [0.15, 0.2) is 24.3 Å². The first-order chi connectivity index (χ1) is 16.8. The lowest BCUT2D eigenvalue weighted by Crippen LogP contribution is -2.43. The van der Waals surface area contributed by atoms with Gasteiger partial charge in [-0.15, -0.1) is 5.10 Å². The van der Waals surface area contributed by atoms with E-state index in [0.29, 0.717) is 36.0 Å². The SMILES string of the molecule is Cc1cc(OC2CC(F)(F)C2)cc(CC(=O)Nc2ccc(C3CCN(C(=O)OC(C)(C)C)C3)nn2)n1. The van der Waals surface area contributed by atoms with Crippen molar-refractivity contribution in [2.75, 3.05) is 18.4 Å². The molecule has 1 aliphatic carbocycles. The maximum absolute atomic E-state index is 13.1. The Bertz CT molecular complexity index is 1110. The fourth-order valence-corrected chi connectivity index (χ4v) is 4.22. The zero-order chi connectivity index (χ0) is 26.1. The molecule has 4 rings (SSSR count). The average Bonchev–Trinajstić information content (AvgIpc) is 3.22. The molecule has 1 N–H and O–H groups in total. The van der Waals surface area contributed by atoms with Gasteiger partial charge in [0.05, 0.1) is 17.8 Å². The molecule has 36 heavy (non-hydrogen) atoms. The summed E-state index contributed by atoms with van der Waals surface area (Å²) in [6.45, 7) is 8.32. The molecule has 1 saturated heterocycles. The molecule has 11 heteroatoms. The Balaban J connectivity index is 1.29. The number of pyridine rings is 1. The standard InChI is InChI=1S/C25H31F2N5O4/c1-15-9-18(35-19-12-25(26,27)13-19)10-17(28-15)11-22(33)29-21-6-5-20(30-31-21)16-7-8-32(14-16)23(34)36-24(2,3)4/h5-6,9-10,16,19H,7-8,11-14H2,1-4H3,(H,29,31,33). The van der Waals surface area contributed by atoms with Crippen LogP contribution in [0.2, 0.25) is 0 Å². The molecule has 2 amide bonds. The van der Waals surface area contributed by atoms with Crippen molar-refractivity contribution in [3.05, 3.63) is 41.3 Å². The van der Waals surface area contributed by atoms with E-state index in [1.54, 1.807) is 36.1 Å². The highest BCUT2D eigenvalue weighted by Crippen LogP contribution is 2.39. The molecule has 2 aromatic heterocycles. The van der Waals surface area contributed by atoms with Crippen LogP contribution in [0, 0.1) is 6.92 Å². The van der Waals surface area contributed by atoms with Crippen molar-refractivity contribution in [2.45, 2.75) is 76.9 Å². The second-order valence-electron chi connectivity index (χ2n) is 10.4. The molecule has 1 saturated carbocycles. The zero-order valence-electron chi connectivity index (χ0n) is 20.9. The summed E-state index contributed by atoms with van der Waals surface area (Å²) in [5.41, 5.74) is 1.28. The molecular formula is C25H31F2N5O4. The summed E-state index contributed by atoms with van der Waals surface area (Å²) in [5.74, 6) is -2.24. The van der Waals surface area contributed by atoms with Gasteiger partial charge in [-0.25, -0.2) is 13.6 Å². The first-order valence-electron chi connectivity index (χ1n) is 12.0. The highest BCUT2D eigenvalue weighted by molar-refractivity contribution is 5.91. The number of aromatic nitrogens is 3. The number of carbonyl (C=O) groups excluding carboxylic acids is 2. The van der Waals surface area contributed by atoms with Gasteiger partial charge in [-0.3, -0.25) is 9.78 Å². The monoisotopic (exact) mass is 503 g/mol. The molecule has 0 bridgehead atoms. The second-order valence-corrected chi connectivity index (χ2v) is 10.4. The topological polar surface area (TPSA) is 107 Å². The summed E-state index contributed by atoms with van der Waals surface area (Å²) in [6, 6.07) is 6.71. The van der Waals surface area contributed by atoms with Crippen LogP contribution in [0.3, 0.4) is 0 Å². The number of aryl methyl sites for hydroxylation is 1. The van der Waals surface area contributed by atoms with E-state index in [0.717, 1.165) is 12.1 Å². The van der Waals surface area contributed by atoms with Crippen molar-refractivity contribution in [1.82, 2.24) is 20.1 Å². The lowest BCUT2D eigenvalue weighted by molar-refractivity contribution is -0.134. The fourth-order valence-electron chi connectivity index (χ4n) is 4.22. The van der Waals surface area contributed by atoms with Crippen LogP contribution in [-0.4, -0.2) is 62.8 Å². The predicted octanol–water partition coefficient (Wildman–Crippen LogP) is 4.26. The number of anilines is 1. The minimum atomic E-state index is -2.67. The van der Waals surface area contributed by atoms with E-state index in [4.69, 9.17) is 9.47 Å². The van der Waals surface area contributed by atoms with Gasteiger partial charge in [0.25, 0.3) is 5.92 Å². The molecule has 2 fully saturated rings. The maximum Gasteiger partial charge on any atom is 0.410 e. The third kappa shape index (κ3) is 6.86. The normalized spacial score (nSPS) is 19.5. The zero-order valence-corrected chi connectivity index (χ0v) is 20.9. The van der Waals surface area contributed by atoms with Crippen LogP contribution < -0.4 is 10.1 Å². The van der Waals surface area contributed by atoms with Gasteiger partial charge in [0.1, 0.15) is 17.5 Å². The van der Waals surface area contributed by atoms with Gasteiger partial charge < -0.3 is 19.7 Å². The van der Waals surface area contributed by atoms with Crippen molar-refractivity contribution in [1.29, 1.82) is 0 Å². The van der Waals surface area contributed by atoms with Crippen LogP contribution in [0.1, 0.15) is 63.0 Å². The van der Waals surface area contributed by atoms with E-state index < -0.39 is 17.6 Å². The smallest absolute Gasteiger partial charge is 0.410 e. The Morgan fingerprint density at radius 1 is 1.19 bits per heavy atom. The van der Waals surface area contributed by atoms with Crippen molar-refractivity contribution in [3.8, 4) is 5.75 Å². The molecular weight excluding hydrogens is 472 g/mol. The van der Waals surface area contributed by atoms with Gasteiger partial charge in [0.2, 0.25) is 5.91 Å². The Kier molecular flexibility index (Phi) is 7.10. The third-order valence-electron chi connectivity index (χ3n) is 5.89. The number of hydrogen-bond acceptors (Lipinski definition) is 7.